The molecule has 0 atom stereocenters. The fourth-order valence-corrected chi connectivity index (χ4v) is 3.65. The predicted octanol–water partition coefficient (Wildman–Crippen LogP) is 1.17. The van der Waals surface area contributed by atoms with Gasteiger partial charge in [0.25, 0.3) is 0 Å². The summed E-state index contributed by atoms with van der Waals surface area (Å²) in [4.78, 5) is 2.19. The van der Waals surface area contributed by atoms with E-state index < -0.39 is 15.8 Å². The lowest BCUT2D eigenvalue weighted by atomic mass is 10.1. The van der Waals surface area contributed by atoms with E-state index in [0.717, 1.165) is 38.5 Å². The molecule has 112 valence electrons. The van der Waals surface area contributed by atoms with Crippen molar-refractivity contribution < 1.29 is 12.8 Å². The maximum absolute atomic E-state index is 13.4. The first-order chi connectivity index (χ1) is 9.42. The highest BCUT2D eigenvalue weighted by Gasteiger charge is 2.24. The predicted molar refractivity (Wildman–Crippen MR) is 76.3 cm³/mol. The topological polar surface area (TPSA) is 75.4 Å². The van der Waals surface area contributed by atoms with Crippen molar-refractivity contribution in [3.8, 4) is 0 Å². The fourth-order valence-electron chi connectivity index (χ4n) is 2.33. The van der Waals surface area contributed by atoms with E-state index in [0.29, 0.717) is 0 Å². The molecule has 0 spiro atoms. The molecule has 1 heterocycles. The summed E-state index contributed by atoms with van der Waals surface area (Å²) in [5.41, 5.74) is 5.30. The second kappa shape index (κ2) is 6.07. The van der Waals surface area contributed by atoms with Crippen LogP contribution in [0.25, 0.3) is 0 Å². The maximum atomic E-state index is 13.4. The van der Waals surface area contributed by atoms with Gasteiger partial charge >= 0.3 is 0 Å². The Morgan fingerprint density at radius 2 is 2.05 bits per heavy atom. The third-order valence-electron chi connectivity index (χ3n) is 3.64. The van der Waals surface area contributed by atoms with Crippen LogP contribution in [0, 0.1) is 5.82 Å². The van der Waals surface area contributed by atoms with E-state index in [9.17, 15) is 12.8 Å². The lowest BCUT2D eigenvalue weighted by Gasteiger charge is -2.31. The van der Waals surface area contributed by atoms with Gasteiger partial charge in [0.2, 0.25) is 10.0 Å². The van der Waals surface area contributed by atoms with Gasteiger partial charge in [-0.15, -0.1) is 0 Å². The molecule has 0 radical (unpaired) electrons. The summed E-state index contributed by atoms with van der Waals surface area (Å²) in [6.07, 6.45) is 1.54. The van der Waals surface area contributed by atoms with Crippen molar-refractivity contribution in [2.24, 2.45) is 0 Å². The van der Waals surface area contributed by atoms with Gasteiger partial charge in [-0.05, 0) is 50.7 Å². The standard InChI is InChI=1S/C13H20FN3O2S/c1-2-17-7-5-10(6-8-17)16-20(18,19)11-3-4-13(15)12(14)9-11/h3-4,9-10,16H,2,5-8,15H2,1H3. The van der Waals surface area contributed by atoms with Crippen LogP contribution in [-0.2, 0) is 10.0 Å². The molecule has 3 N–H and O–H groups in total. The summed E-state index contributed by atoms with van der Waals surface area (Å²) in [6.45, 7) is 4.81. The van der Waals surface area contributed by atoms with Crippen LogP contribution < -0.4 is 10.5 Å². The van der Waals surface area contributed by atoms with Crippen molar-refractivity contribution in [1.29, 1.82) is 0 Å². The van der Waals surface area contributed by atoms with Gasteiger partial charge < -0.3 is 10.6 Å². The van der Waals surface area contributed by atoms with Crippen molar-refractivity contribution in [3.05, 3.63) is 24.0 Å². The Morgan fingerprint density at radius 1 is 1.40 bits per heavy atom. The van der Waals surface area contributed by atoms with E-state index in [4.69, 9.17) is 5.73 Å². The summed E-state index contributed by atoms with van der Waals surface area (Å²) < 4.78 is 40.4. The Hall–Kier alpha value is -1.18. The first-order valence-corrected chi connectivity index (χ1v) is 8.20. The van der Waals surface area contributed by atoms with E-state index >= 15 is 0 Å². The van der Waals surface area contributed by atoms with E-state index in [2.05, 4.69) is 16.5 Å². The summed E-state index contributed by atoms with van der Waals surface area (Å²) in [6, 6.07) is 3.45. The molecule has 1 aliphatic heterocycles. The first-order valence-electron chi connectivity index (χ1n) is 6.72. The molecule has 1 aromatic rings. The highest BCUT2D eigenvalue weighted by molar-refractivity contribution is 7.89. The Kier molecular flexibility index (Phi) is 4.62. The summed E-state index contributed by atoms with van der Waals surface area (Å²) in [7, 11) is -3.69. The summed E-state index contributed by atoms with van der Waals surface area (Å²) >= 11 is 0. The van der Waals surface area contributed by atoms with Gasteiger partial charge in [-0.3, -0.25) is 0 Å². The number of sulfonamides is 1. The minimum Gasteiger partial charge on any atom is -0.396 e. The highest BCUT2D eigenvalue weighted by Crippen LogP contribution is 2.18. The number of nitrogens with zero attached hydrogens (tertiary/aromatic N) is 1. The lowest BCUT2D eigenvalue weighted by molar-refractivity contribution is 0.217. The molecular formula is C13H20FN3O2S. The molecule has 20 heavy (non-hydrogen) atoms. The minimum atomic E-state index is -3.69. The molecule has 0 aliphatic carbocycles. The number of nitrogens with two attached hydrogens (primary N) is 1. The van der Waals surface area contributed by atoms with E-state index in [-0.39, 0.29) is 16.6 Å². The van der Waals surface area contributed by atoms with Gasteiger partial charge in [-0.2, -0.15) is 0 Å². The van der Waals surface area contributed by atoms with E-state index in [1.165, 1.54) is 12.1 Å². The van der Waals surface area contributed by atoms with Crippen LogP contribution in [0.5, 0.6) is 0 Å². The Labute approximate surface area is 119 Å². The molecule has 5 nitrogen and oxygen atoms in total. The van der Waals surface area contributed by atoms with Crippen molar-refractivity contribution in [2.45, 2.75) is 30.7 Å². The van der Waals surface area contributed by atoms with Crippen LogP contribution in [0.2, 0.25) is 0 Å². The molecule has 0 bridgehead atoms. The number of nitrogen functional groups attached to an aromatic ring is 1. The summed E-state index contributed by atoms with van der Waals surface area (Å²) in [5, 5.41) is 0. The Balaban J connectivity index is 2.06. The fraction of sp³-hybridized carbons (Fsp3) is 0.538. The zero-order valence-electron chi connectivity index (χ0n) is 11.5. The number of nitrogens with one attached hydrogen (secondary N) is 1. The molecule has 0 amide bonds. The van der Waals surface area contributed by atoms with Crippen molar-refractivity contribution >= 4 is 15.7 Å². The molecule has 1 fully saturated rings. The number of hydrogen-bond donors (Lipinski definition) is 2. The third kappa shape index (κ3) is 3.47. The molecule has 0 unspecified atom stereocenters. The average Bonchev–Trinajstić information content (AvgIpc) is 2.42. The zero-order valence-corrected chi connectivity index (χ0v) is 12.3. The molecule has 0 aromatic heterocycles. The van der Waals surface area contributed by atoms with Crippen LogP contribution in [-0.4, -0.2) is 39.0 Å². The molecule has 1 aliphatic rings. The van der Waals surface area contributed by atoms with E-state index in [1.54, 1.807) is 0 Å². The molecule has 0 saturated carbocycles. The molecular weight excluding hydrogens is 281 g/mol. The molecule has 7 heteroatoms. The number of rotatable bonds is 4. The van der Waals surface area contributed by atoms with Gasteiger partial charge in [0.1, 0.15) is 5.82 Å². The molecule has 1 saturated heterocycles. The lowest BCUT2D eigenvalue weighted by Crippen LogP contribution is -2.44. The monoisotopic (exact) mass is 301 g/mol. The van der Waals surface area contributed by atoms with Crippen LogP contribution in [0.4, 0.5) is 10.1 Å². The normalized spacial score (nSPS) is 18.3. The second-order valence-corrected chi connectivity index (χ2v) is 6.73. The Morgan fingerprint density at radius 3 is 2.60 bits per heavy atom. The van der Waals surface area contributed by atoms with Crippen molar-refractivity contribution in [3.63, 3.8) is 0 Å². The van der Waals surface area contributed by atoms with Crippen LogP contribution in [0.3, 0.4) is 0 Å². The number of likely N-dealkylation sites (tertiary alicyclic amines) is 1. The van der Waals surface area contributed by atoms with E-state index in [1.807, 2.05) is 0 Å². The number of benzene rings is 1. The third-order valence-corrected chi connectivity index (χ3v) is 5.16. The quantitative estimate of drug-likeness (QED) is 0.819. The average molecular weight is 301 g/mol. The number of piperidine rings is 1. The minimum absolute atomic E-state index is 0.0554. The maximum Gasteiger partial charge on any atom is 0.240 e. The van der Waals surface area contributed by atoms with Gasteiger partial charge in [0, 0.05) is 6.04 Å². The van der Waals surface area contributed by atoms with Crippen LogP contribution >= 0.6 is 0 Å². The summed E-state index contributed by atoms with van der Waals surface area (Å²) in [5.74, 6) is -0.714. The smallest absolute Gasteiger partial charge is 0.240 e. The van der Waals surface area contributed by atoms with Gasteiger partial charge in [-0.1, -0.05) is 6.92 Å². The van der Waals surface area contributed by atoms with Crippen LogP contribution in [0.1, 0.15) is 19.8 Å². The number of anilines is 1. The molecule has 1 aromatic carbocycles. The second-order valence-electron chi connectivity index (χ2n) is 5.01. The zero-order chi connectivity index (χ0) is 14.8. The van der Waals surface area contributed by atoms with Crippen molar-refractivity contribution in [2.75, 3.05) is 25.4 Å². The van der Waals surface area contributed by atoms with Crippen molar-refractivity contribution in [1.82, 2.24) is 9.62 Å². The number of hydrogen-bond acceptors (Lipinski definition) is 4. The first kappa shape index (κ1) is 15.2. The van der Waals surface area contributed by atoms with Gasteiger partial charge in [-0.25, -0.2) is 17.5 Å². The highest BCUT2D eigenvalue weighted by atomic mass is 32.2. The van der Waals surface area contributed by atoms with Gasteiger partial charge in [0.15, 0.2) is 0 Å². The molecule has 2 rings (SSSR count). The van der Waals surface area contributed by atoms with Gasteiger partial charge in [0.05, 0.1) is 10.6 Å². The SMILES string of the molecule is CCN1CCC(NS(=O)(=O)c2ccc(N)c(F)c2)CC1. The van der Waals surface area contributed by atoms with Crippen LogP contribution in [0.15, 0.2) is 23.1 Å². The Bertz CT molecular complexity index is 569. The number of halogens is 1. The largest absolute Gasteiger partial charge is 0.396 e.